The first kappa shape index (κ1) is 16.4. The van der Waals surface area contributed by atoms with E-state index in [0.29, 0.717) is 18.0 Å². The van der Waals surface area contributed by atoms with E-state index in [1.165, 1.54) is 11.1 Å². The Hall–Kier alpha value is -0.620. The second kappa shape index (κ2) is 7.24. The third-order valence-corrected chi connectivity index (χ3v) is 4.68. The van der Waals surface area contributed by atoms with Crippen molar-refractivity contribution in [1.29, 1.82) is 0 Å². The molecule has 0 heterocycles. The number of halogens is 1. The summed E-state index contributed by atoms with van der Waals surface area (Å²) in [5.74, 6) is 0. The number of hydrogen-bond donors (Lipinski definition) is 2. The fraction of sp³-hybridized carbons (Fsp3) is 0.538. The number of rotatable bonds is 6. The summed E-state index contributed by atoms with van der Waals surface area (Å²) in [5.41, 5.74) is 2.48. The number of aryl methyl sites for hydroxylation is 2. The largest absolute Gasteiger partial charge is 0.316 e. The third-order valence-electron chi connectivity index (χ3n) is 3.22. The van der Waals surface area contributed by atoms with Crippen molar-refractivity contribution >= 4 is 22.4 Å². The highest BCUT2D eigenvalue weighted by Gasteiger charge is 2.17. The number of sulfonamides is 1. The molecule has 1 aromatic rings. The van der Waals surface area contributed by atoms with Gasteiger partial charge < -0.3 is 5.32 Å². The van der Waals surface area contributed by atoms with E-state index in [9.17, 15) is 8.42 Å². The Morgan fingerprint density at radius 1 is 1.16 bits per heavy atom. The van der Waals surface area contributed by atoms with Gasteiger partial charge in [0.2, 0.25) is 10.0 Å². The highest BCUT2D eigenvalue weighted by atomic mass is 35.5. The van der Waals surface area contributed by atoms with Gasteiger partial charge in [-0.05, 0) is 49.1 Å². The minimum Gasteiger partial charge on any atom is -0.316 e. The Bertz CT molecular complexity index is 517. The van der Waals surface area contributed by atoms with Crippen molar-refractivity contribution in [3.8, 4) is 0 Å². The van der Waals surface area contributed by atoms with Crippen molar-refractivity contribution in [2.75, 3.05) is 19.6 Å². The maximum Gasteiger partial charge on any atom is 0.240 e. The van der Waals surface area contributed by atoms with E-state index in [1.807, 2.05) is 19.1 Å². The SMILES string of the molecule is CCNCCNS(=O)(=O)c1ccc2c(c1)CCC2.Cl. The van der Waals surface area contributed by atoms with Gasteiger partial charge in [-0.3, -0.25) is 0 Å². The first-order valence-electron chi connectivity index (χ1n) is 6.45. The van der Waals surface area contributed by atoms with Gasteiger partial charge >= 0.3 is 0 Å². The van der Waals surface area contributed by atoms with Crippen molar-refractivity contribution in [3.05, 3.63) is 29.3 Å². The zero-order chi connectivity index (χ0) is 13.0. The van der Waals surface area contributed by atoms with Gasteiger partial charge in [-0.15, -0.1) is 12.4 Å². The van der Waals surface area contributed by atoms with Crippen LogP contribution in [0.25, 0.3) is 0 Å². The topological polar surface area (TPSA) is 58.2 Å². The molecule has 0 saturated carbocycles. The predicted octanol–water partition coefficient (Wildman–Crippen LogP) is 1.48. The van der Waals surface area contributed by atoms with Crippen LogP contribution in [-0.2, 0) is 22.9 Å². The summed E-state index contributed by atoms with van der Waals surface area (Å²) in [6.07, 6.45) is 3.20. The van der Waals surface area contributed by atoms with Gasteiger partial charge in [-0.1, -0.05) is 13.0 Å². The molecule has 19 heavy (non-hydrogen) atoms. The molecule has 0 radical (unpaired) electrons. The average Bonchev–Trinajstić information content (AvgIpc) is 2.82. The third kappa shape index (κ3) is 4.18. The molecule has 0 saturated heterocycles. The van der Waals surface area contributed by atoms with E-state index < -0.39 is 10.0 Å². The minimum atomic E-state index is -3.35. The van der Waals surface area contributed by atoms with Gasteiger partial charge in [0.25, 0.3) is 0 Å². The molecule has 1 aromatic carbocycles. The molecule has 0 bridgehead atoms. The molecule has 108 valence electrons. The molecule has 0 amide bonds. The van der Waals surface area contributed by atoms with Crippen LogP contribution in [0.3, 0.4) is 0 Å². The monoisotopic (exact) mass is 304 g/mol. The van der Waals surface area contributed by atoms with Crippen LogP contribution in [0.5, 0.6) is 0 Å². The Morgan fingerprint density at radius 3 is 2.63 bits per heavy atom. The molecular weight excluding hydrogens is 284 g/mol. The smallest absolute Gasteiger partial charge is 0.240 e. The summed E-state index contributed by atoms with van der Waals surface area (Å²) in [6, 6.07) is 5.47. The summed E-state index contributed by atoms with van der Waals surface area (Å²) >= 11 is 0. The number of nitrogens with one attached hydrogen (secondary N) is 2. The first-order chi connectivity index (χ1) is 8.63. The molecule has 0 fully saturated rings. The molecule has 0 aliphatic heterocycles. The highest BCUT2D eigenvalue weighted by Crippen LogP contribution is 2.24. The van der Waals surface area contributed by atoms with Crippen LogP contribution in [0.2, 0.25) is 0 Å². The van der Waals surface area contributed by atoms with E-state index in [2.05, 4.69) is 10.0 Å². The molecule has 4 nitrogen and oxygen atoms in total. The van der Waals surface area contributed by atoms with E-state index in [1.54, 1.807) is 6.07 Å². The number of benzene rings is 1. The van der Waals surface area contributed by atoms with Crippen LogP contribution < -0.4 is 10.0 Å². The lowest BCUT2D eigenvalue weighted by atomic mass is 10.1. The Kier molecular flexibility index (Phi) is 6.26. The second-order valence-corrected chi connectivity index (χ2v) is 6.30. The summed E-state index contributed by atoms with van der Waals surface area (Å²) in [6.45, 7) is 3.92. The van der Waals surface area contributed by atoms with Crippen LogP contribution in [0.15, 0.2) is 23.1 Å². The van der Waals surface area contributed by atoms with E-state index in [4.69, 9.17) is 0 Å². The molecule has 0 unspecified atom stereocenters. The lowest BCUT2D eigenvalue weighted by Crippen LogP contribution is -2.31. The fourth-order valence-corrected chi connectivity index (χ4v) is 3.33. The van der Waals surface area contributed by atoms with E-state index >= 15 is 0 Å². The summed E-state index contributed by atoms with van der Waals surface area (Å²) in [4.78, 5) is 0.389. The van der Waals surface area contributed by atoms with Crippen LogP contribution in [-0.4, -0.2) is 28.1 Å². The molecule has 1 aliphatic carbocycles. The summed E-state index contributed by atoms with van der Waals surface area (Å²) in [5, 5.41) is 3.09. The molecule has 2 rings (SSSR count). The predicted molar refractivity (Wildman–Crippen MR) is 79.4 cm³/mol. The van der Waals surface area contributed by atoms with Gasteiger partial charge in [-0.2, -0.15) is 0 Å². The van der Waals surface area contributed by atoms with Crippen molar-refractivity contribution in [2.45, 2.75) is 31.1 Å². The summed E-state index contributed by atoms with van der Waals surface area (Å²) < 4.78 is 26.7. The molecule has 1 aliphatic rings. The second-order valence-electron chi connectivity index (χ2n) is 4.54. The lowest BCUT2D eigenvalue weighted by molar-refractivity contribution is 0.577. The van der Waals surface area contributed by atoms with Crippen LogP contribution in [0.1, 0.15) is 24.5 Å². The number of hydrogen-bond acceptors (Lipinski definition) is 3. The van der Waals surface area contributed by atoms with Gasteiger partial charge in [0.1, 0.15) is 0 Å². The van der Waals surface area contributed by atoms with Gasteiger partial charge in [0.15, 0.2) is 0 Å². The Labute approximate surface area is 121 Å². The van der Waals surface area contributed by atoms with Crippen LogP contribution in [0, 0.1) is 0 Å². The van der Waals surface area contributed by atoms with Gasteiger partial charge in [0.05, 0.1) is 4.90 Å². The zero-order valence-corrected chi connectivity index (χ0v) is 12.7. The molecule has 0 spiro atoms. The summed E-state index contributed by atoms with van der Waals surface area (Å²) in [7, 11) is -3.35. The minimum absolute atomic E-state index is 0. The molecule has 2 N–H and O–H groups in total. The van der Waals surface area contributed by atoms with E-state index in [-0.39, 0.29) is 12.4 Å². The van der Waals surface area contributed by atoms with Gasteiger partial charge in [0, 0.05) is 13.1 Å². The van der Waals surface area contributed by atoms with Crippen LogP contribution in [0.4, 0.5) is 0 Å². The van der Waals surface area contributed by atoms with Gasteiger partial charge in [-0.25, -0.2) is 13.1 Å². The van der Waals surface area contributed by atoms with Crippen molar-refractivity contribution in [2.24, 2.45) is 0 Å². The molecule has 0 atom stereocenters. The Balaban J connectivity index is 0.00000180. The lowest BCUT2D eigenvalue weighted by Gasteiger charge is -2.08. The first-order valence-corrected chi connectivity index (χ1v) is 7.94. The Morgan fingerprint density at radius 2 is 1.89 bits per heavy atom. The molecular formula is C13H21ClN2O2S. The normalized spacial score (nSPS) is 13.9. The average molecular weight is 305 g/mol. The maximum atomic E-state index is 12.1. The molecule has 6 heteroatoms. The molecule has 0 aromatic heterocycles. The van der Waals surface area contributed by atoms with Crippen molar-refractivity contribution in [1.82, 2.24) is 10.0 Å². The standard InChI is InChI=1S/C13H20N2O2S.ClH/c1-2-14-8-9-15-18(16,17)13-7-6-11-4-3-5-12(11)10-13;/h6-7,10,14-15H,2-5,8-9H2,1H3;1H. The van der Waals surface area contributed by atoms with Crippen molar-refractivity contribution < 1.29 is 8.42 Å². The quantitative estimate of drug-likeness (QED) is 0.783. The number of fused-ring (bicyclic) bond motifs is 1. The van der Waals surface area contributed by atoms with Crippen molar-refractivity contribution in [3.63, 3.8) is 0 Å². The fourth-order valence-electron chi connectivity index (χ4n) is 2.25. The van der Waals surface area contributed by atoms with E-state index in [0.717, 1.165) is 25.8 Å². The zero-order valence-electron chi connectivity index (χ0n) is 11.1. The number of likely N-dealkylation sites (N-methyl/N-ethyl adjacent to an activating group) is 1. The van der Waals surface area contributed by atoms with Crippen LogP contribution >= 0.6 is 12.4 Å². The maximum absolute atomic E-state index is 12.1. The highest BCUT2D eigenvalue weighted by molar-refractivity contribution is 7.89.